The molecular weight excluding hydrogens is 712 g/mol. The summed E-state index contributed by atoms with van der Waals surface area (Å²) in [4.78, 5) is 41.9. The molecule has 1 aromatic heterocycles. The molecule has 2 heterocycles. The van der Waals surface area contributed by atoms with Crippen LogP contribution in [0.2, 0.25) is 0 Å². The smallest absolute Gasteiger partial charge is 0.309 e. The van der Waals surface area contributed by atoms with Crippen LogP contribution in [0.5, 0.6) is 0 Å². The fourth-order valence-electron chi connectivity index (χ4n) is 5.89. The molecular formula is C41H37FN4O5S2. The maximum atomic E-state index is 14.9. The number of halogens is 1. The summed E-state index contributed by atoms with van der Waals surface area (Å²) in [6, 6.07) is 36.5. The lowest BCUT2D eigenvalue weighted by atomic mass is 9.99. The Morgan fingerprint density at radius 1 is 0.868 bits per heavy atom. The maximum Gasteiger partial charge on any atom is 0.309 e. The second-order valence-electron chi connectivity index (χ2n) is 13.0. The second-order valence-corrected chi connectivity index (χ2v) is 15.0. The van der Waals surface area contributed by atoms with Gasteiger partial charge >= 0.3 is 5.97 Å². The largest absolute Gasteiger partial charge is 0.481 e. The lowest BCUT2D eigenvalue weighted by Crippen LogP contribution is -2.49. The van der Waals surface area contributed by atoms with Gasteiger partial charge in [0, 0.05) is 45.4 Å². The highest BCUT2D eigenvalue weighted by Crippen LogP contribution is 2.34. The molecule has 1 N–H and O–H groups in total. The molecule has 12 heteroatoms. The molecule has 6 aromatic rings. The summed E-state index contributed by atoms with van der Waals surface area (Å²) >= 11 is 2.36. The fraction of sp³-hybridized carbons (Fsp3) is 0.195. The Balaban J connectivity index is 0.000000193. The summed E-state index contributed by atoms with van der Waals surface area (Å²) in [6.45, 7) is 1.59. The van der Waals surface area contributed by atoms with Gasteiger partial charge < -0.3 is 10.0 Å². The van der Waals surface area contributed by atoms with Crippen LogP contribution in [0.25, 0.3) is 20.8 Å². The minimum atomic E-state index is -0.763. The molecule has 1 saturated heterocycles. The number of carbonyl (C=O) groups is 2. The van der Waals surface area contributed by atoms with E-state index in [-0.39, 0.29) is 22.7 Å². The maximum absolute atomic E-state index is 14.9. The van der Waals surface area contributed by atoms with Gasteiger partial charge in [0.1, 0.15) is 10.8 Å². The molecule has 53 heavy (non-hydrogen) atoms. The lowest BCUT2D eigenvalue weighted by Gasteiger charge is -2.36. The van der Waals surface area contributed by atoms with Crippen molar-refractivity contribution in [3.05, 3.63) is 159 Å². The number of nitro benzene ring substituents is 1. The van der Waals surface area contributed by atoms with Crippen LogP contribution >= 0.6 is 23.1 Å². The van der Waals surface area contributed by atoms with Crippen molar-refractivity contribution in [3.8, 4) is 10.6 Å². The van der Waals surface area contributed by atoms with E-state index in [9.17, 15) is 24.1 Å². The zero-order chi connectivity index (χ0) is 37.5. The van der Waals surface area contributed by atoms with Crippen molar-refractivity contribution in [1.82, 2.24) is 14.8 Å². The Kier molecular flexibility index (Phi) is 11.9. The molecule has 1 aliphatic rings. The van der Waals surface area contributed by atoms with E-state index in [4.69, 9.17) is 10.1 Å². The number of thiazole rings is 1. The summed E-state index contributed by atoms with van der Waals surface area (Å²) in [6.07, 6.45) is 1.46. The number of nitrogens with zero attached hydrogens (tertiary/aromatic N) is 4. The first-order valence-corrected chi connectivity index (χ1v) is 18.5. The fourth-order valence-corrected chi connectivity index (χ4v) is 7.61. The molecule has 9 nitrogen and oxygen atoms in total. The van der Waals surface area contributed by atoms with Crippen LogP contribution in [0.1, 0.15) is 27.8 Å². The number of carbonyl (C=O) groups excluding carboxylic acids is 1. The summed E-state index contributed by atoms with van der Waals surface area (Å²) in [5.41, 5.74) is 6.56. The second kappa shape index (κ2) is 16.9. The summed E-state index contributed by atoms with van der Waals surface area (Å²) < 4.78 is 15.9. The van der Waals surface area contributed by atoms with Crippen molar-refractivity contribution < 1.29 is 24.0 Å². The molecule has 7 rings (SSSR count). The van der Waals surface area contributed by atoms with E-state index in [2.05, 4.69) is 30.3 Å². The van der Waals surface area contributed by atoms with E-state index in [1.165, 1.54) is 39.5 Å². The van der Waals surface area contributed by atoms with Crippen LogP contribution in [0, 0.1) is 21.8 Å². The third kappa shape index (κ3) is 9.72. The molecule has 270 valence electrons. The highest BCUT2D eigenvalue weighted by molar-refractivity contribution is 8.13. The predicted molar refractivity (Wildman–Crippen MR) is 208 cm³/mol. The Hall–Kier alpha value is -5.43. The van der Waals surface area contributed by atoms with E-state index < -0.39 is 10.9 Å². The van der Waals surface area contributed by atoms with Gasteiger partial charge in [0.25, 0.3) is 10.9 Å². The molecule has 0 bridgehead atoms. The Labute approximate surface area is 314 Å². The normalized spacial score (nSPS) is 12.8. The first-order chi connectivity index (χ1) is 25.5. The zero-order valence-electron chi connectivity index (χ0n) is 29.1. The number of fused-ring (bicyclic) bond motifs is 1. The number of nitro groups is 1. The molecule has 1 aliphatic heterocycles. The van der Waals surface area contributed by atoms with Gasteiger partial charge in [-0.3, -0.25) is 24.6 Å². The Bertz CT molecular complexity index is 2240. The van der Waals surface area contributed by atoms with Gasteiger partial charge in [0.05, 0.1) is 26.0 Å². The average Bonchev–Trinajstić information content (AvgIpc) is 3.54. The minimum Gasteiger partial charge on any atom is -0.481 e. The van der Waals surface area contributed by atoms with Gasteiger partial charge in [-0.15, -0.1) is 11.3 Å². The first-order valence-electron chi connectivity index (χ1n) is 16.9. The molecule has 5 aromatic carbocycles. The van der Waals surface area contributed by atoms with Crippen molar-refractivity contribution in [3.63, 3.8) is 0 Å². The topological polar surface area (TPSA) is 117 Å². The van der Waals surface area contributed by atoms with Crippen LogP contribution in [0.3, 0.4) is 0 Å². The third-order valence-electron chi connectivity index (χ3n) is 8.71. The number of hydrogen-bond donors (Lipinski definition) is 1. The van der Waals surface area contributed by atoms with Gasteiger partial charge in [-0.1, -0.05) is 78.9 Å². The molecule has 0 spiro atoms. The highest BCUT2D eigenvalue weighted by Gasteiger charge is 2.32. The van der Waals surface area contributed by atoms with E-state index in [0.717, 1.165) is 45.1 Å². The standard InChI is InChI=1S/C25H21FN2O2S.C16H16N2O3S/c26-21-11-18(13-28-14-19(15-28)25(29)30)6-8-20(21)24-27-22-12-17(7-9-23(22)31-24)10-16-4-2-1-3-5-16;1-17(2)16(19)22-15-9-8-13(11-14(15)18(20)21)10-12-6-4-3-5-7-12/h1-9,11-12,19H,10,13-15H2,(H,29,30);3-9,11H,10H2,1-2H3. The van der Waals surface area contributed by atoms with Crippen molar-refractivity contribution in [2.24, 2.45) is 5.92 Å². The number of carboxylic acid groups (broad SMARTS) is 1. The van der Waals surface area contributed by atoms with Gasteiger partial charge in [-0.25, -0.2) is 9.37 Å². The molecule has 0 atom stereocenters. The number of rotatable bonds is 10. The SMILES string of the molecule is CN(C)C(=O)Sc1ccc(Cc2ccccc2)cc1[N+](=O)[O-].O=C(O)C1CN(Cc2ccc(-c3nc4cc(Cc5ccccc5)ccc4s3)c(F)c2)C1. The van der Waals surface area contributed by atoms with Crippen molar-refractivity contribution >= 4 is 50.2 Å². The van der Waals surface area contributed by atoms with E-state index in [1.807, 2.05) is 65.6 Å². The average molecular weight is 749 g/mol. The van der Waals surface area contributed by atoms with Crippen LogP contribution < -0.4 is 0 Å². The predicted octanol–water partition coefficient (Wildman–Crippen LogP) is 9.17. The van der Waals surface area contributed by atoms with Crippen LogP contribution in [-0.4, -0.2) is 63.2 Å². The Morgan fingerprint density at radius 3 is 2.06 bits per heavy atom. The van der Waals surface area contributed by atoms with Gasteiger partial charge in [0.2, 0.25) is 0 Å². The highest BCUT2D eigenvalue weighted by atomic mass is 32.2. The summed E-state index contributed by atoms with van der Waals surface area (Å²) in [5, 5.41) is 20.7. The molecule has 0 saturated carbocycles. The number of thioether (sulfide) groups is 1. The minimum absolute atomic E-state index is 0.0337. The summed E-state index contributed by atoms with van der Waals surface area (Å²) in [7, 11) is 3.23. The first kappa shape index (κ1) is 37.3. The number of carboxylic acids is 1. The number of aromatic nitrogens is 1. The van der Waals surface area contributed by atoms with Crippen LogP contribution in [-0.2, 0) is 24.2 Å². The van der Waals surface area contributed by atoms with Crippen molar-refractivity contribution in [2.75, 3.05) is 27.2 Å². The third-order valence-corrected chi connectivity index (χ3v) is 10.9. The van der Waals surface area contributed by atoms with Gasteiger partial charge in [-0.05, 0) is 82.8 Å². The molecule has 0 radical (unpaired) electrons. The van der Waals surface area contributed by atoms with Gasteiger partial charge in [-0.2, -0.15) is 0 Å². The molecule has 1 amide bonds. The van der Waals surface area contributed by atoms with E-state index >= 15 is 0 Å². The lowest BCUT2D eigenvalue weighted by molar-refractivity contribution is -0.387. The molecule has 1 fully saturated rings. The monoisotopic (exact) mass is 748 g/mol. The quantitative estimate of drug-likeness (QED) is 0.0838. The van der Waals surface area contributed by atoms with Crippen molar-refractivity contribution in [1.29, 1.82) is 0 Å². The van der Waals surface area contributed by atoms with E-state index in [1.54, 1.807) is 26.2 Å². The molecule has 0 unspecified atom stereocenters. The number of likely N-dealkylation sites (tertiary alicyclic amines) is 1. The van der Waals surface area contributed by atoms with Crippen LogP contribution in [0.4, 0.5) is 14.9 Å². The number of amides is 1. The number of aliphatic carboxylic acids is 1. The summed E-state index contributed by atoms with van der Waals surface area (Å²) in [5.74, 6) is -1.37. The number of hydrogen-bond acceptors (Lipinski definition) is 8. The zero-order valence-corrected chi connectivity index (χ0v) is 30.8. The van der Waals surface area contributed by atoms with Crippen LogP contribution in [0.15, 0.2) is 120 Å². The molecule has 0 aliphatic carbocycles. The Morgan fingerprint density at radius 2 is 1.47 bits per heavy atom. The van der Waals surface area contributed by atoms with E-state index in [0.29, 0.717) is 41.5 Å². The van der Waals surface area contributed by atoms with Gasteiger partial charge in [0.15, 0.2) is 0 Å². The number of benzene rings is 5. The van der Waals surface area contributed by atoms with Crippen molar-refractivity contribution in [2.45, 2.75) is 24.3 Å².